The van der Waals surface area contributed by atoms with E-state index in [0.717, 1.165) is 19.3 Å². The first kappa shape index (κ1) is 8.95. The fourth-order valence-corrected chi connectivity index (χ4v) is 2.66. The quantitative estimate of drug-likeness (QED) is 0.491. The molecule has 13 heavy (non-hydrogen) atoms. The third-order valence-electron chi connectivity index (χ3n) is 3.60. The second-order valence-corrected chi connectivity index (χ2v) is 4.59. The molecule has 0 N–H and O–H groups in total. The summed E-state index contributed by atoms with van der Waals surface area (Å²) in [6, 6.07) is 0. The third kappa shape index (κ3) is 1.01. The lowest BCUT2D eigenvalue weighted by Gasteiger charge is -2.21. The smallest absolute Gasteiger partial charge is 0.164 e. The fraction of sp³-hybridized carbons (Fsp3) is 0.727. The second kappa shape index (κ2) is 2.44. The van der Waals surface area contributed by atoms with E-state index in [0.29, 0.717) is 0 Å². The molecule has 2 nitrogen and oxygen atoms in total. The highest BCUT2D eigenvalue weighted by Gasteiger charge is 2.71. The number of carbonyl (C=O) groups excluding carboxylic acids is 1. The molecule has 72 valence electrons. The molecule has 0 spiro atoms. The Morgan fingerprint density at radius 2 is 2.38 bits per heavy atom. The molecule has 0 aromatic heterocycles. The van der Waals surface area contributed by atoms with Gasteiger partial charge in [-0.05, 0) is 26.2 Å². The summed E-state index contributed by atoms with van der Waals surface area (Å²) in [5.74, 6) is 0.199. The molecule has 2 fully saturated rings. The molecule has 0 amide bonds. The zero-order valence-electron chi connectivity index (χ0n) is 8.30. The summed E-state index contributed by atoms with van der Waals surface area (Å²) in [4.78, 5) is 11.4. The molecule has 2 rings (SSSR count). The van der Waals surface area contributed by atoms with Gasteiger partial charge < -0.3 is 4.74 Å². The Hall–Kier alpha value is -0.630. The van der Waals surface area contributed by atoms with Gasteiger partial charge in [-0.15, -0.1) is 6.58 Å². The predicted octanol–water partition coefficient (Wildman–Crippen LogP) is 2.09. The van der Waals surface area contributed by atoms with Crippen molar-refractivity contribution in [3.8, 4) is 0 Å². The van der Waals surface area contributed by atoms with Gasteiger partial charge in [0.25, 0.3) is 0 Å². The molecule has 1 saturated heterocycles. The molecule has 0 aromatic carbocycles. The number of carbonyl (C=O) groups is 1. The van der Waals surface area contributed by atoms with Crippen molar-refractivity contribution in [2.45, 2.75) is 44.8 Å². The first-order valence-corrected chi connectivity index (χ1v) is 4.85. The molecule has 1 aliphatic carbocycles. The summed E-state index contributed by atoms with van der Waals surface area (Å²) in [7, 11) is 0. The second-order valence-electron chi connectivity index (χ2n) is 4.59. The summed E-state index contributed by atoms with van der Waals surface area (Å²) in [5, 5.41) is 0. The van der Waals surface area contributed by atoms with Crippen molar-refractivity contribution in [2.24, 2.45) is 5.41 Å². The molecule has 0 bridgehead atoms. The van der Waals surface area contributed by atoms with Crippen LogP contribution in [-0.2, 0) is 9.53 Å². The van der Waals surface area contributed by atoms with Crippen LogP contribution in [0.4, 0.5) is 0 Å². The summed E-state index contributed by atoms with van der Waals surface area (Å²) in [6.45, 7) is 7.58. The summed E-state index contributed by atoms with van der Waals surface area (Å²) < 4.78 is 5.57. The lowest BCUT2D eigenvalue weighted by atomic mass is 9.83. The maximum Gasteiger partial charge on any atom is 0.164 e. The Balaban J connectivity index is 2.16. The van der Waals surface area contributed by atoms with Crippen LogP contribution in [0.1, 0.15) is 33.1 Å². The molecule has 2 aliphatic rings. The maximum absolute atomic E-state index is 11.4. The molecule has 3 atom stereocenters. The molecule has 2 unspecified atom stereocenters. The van der Waals surface area contributed by atoms with E-state index >= 15 is 0 Å². The standard InChI is InChI=1S/C11H16O2/c1-4-5-10(3)6-7-11(8(2)12)9(10)13-11/h4,9H,1,5-7H2,2-3H3/t9?,10-,11?/m1/s1. The molecule has 0 radical (unpaired) electrons. The lowest BCUT2D eigenvalue weighted by Crippen LogP contribution is -2.24. The van der Waals surface area contributed by atoms with Crippen LogP contribution < -0.4 is 0 Å². The molecule has 1 aliphatic heterocycles. The van der Waals surface area contributed by atoms with Crippen LogP contribution in [0.2, 0.25) is 0 Å². The van der Waals surface area contributed by atoms with E-state index in [1.807, 2.05) is 6.08 Å². The lowest BCUT2D eigenvalue weighted by molar-refractivity contribution is -0.122. The van der Waals surface area contributed by atoms with Gasteiger partial charge in [-0.3, -0.25) is 4.79 Å². The van der Waals surface area contributed by atoms with Gasteiger partial charge in [0, 0.05) is 5.41 Å². The summed E-state index contributed by atoms with van der Waals surface area (Å²) in [5.41, 5.74) is -0.231. The van der Waals surface area contributed by atoms with Gasteiger partial charge in [0.2, 0.25) is 0 Å². The van der Waals surface area contributed by atoms with Gasteiger partial charge >= 0.3 is 0 Å². The Bertz CT molecular complexity index is 271. The highest BCUT2D eigenvalue weighted by molar-refractivity contribution is 5.89. The van der Waals surface area contributed by atoms with Crippen molar-refractivity contribution in [1.82, 2.24) is 0 Å². The number of allylic oxidation sites excluding steroid dienone is 1. The van der Waals surface area contributed by atoms with Gasteiger partial charge in [-0.1, -0.05) is 13.0 Å². The Morgan fingerprint density at radius 3 is 2.77 bits per heavy atom. The van der Waals surface area contributed by atoms with Crippen molar-refractivity contribution in [1.29, 1.82) is 0 Å². The van der Waals surface area contributed by atoms with Crippen LogP contribution in [0.5, 0.6) is 0 Å². The van der Waals surface area contributed by atoms with E-state index in [9.17, 15) is 4.79 Å². The average Bonchev–Trinajstić information content (AvgIpc) is 2.72. The van der Waals surface area contributed by atoms with Gasteiger partial charge in [0.1, 0.15) is 6.10 Å². The van der Waals surface area contributed by atoms with Crippen LogP contribution in [-0.4, -0.2) is 17.5 Å². The van der Waals surface area contributed by atoms with E-state index in [4.69, 9.17) is 4.74 Å². The monoisotopic (exact) mass is 180 g/mol. The van der Waals surface area contributed by atoms with Crippen LogP contribution in [0.15, 0.2) is 12.7 Å². The van der Waals surface area contributed by atoms with E-state index in [1.54, 1.807) is 6.92 Å². The van der Waals surface area contributed by atoms with E-state index in [2.05, 4.69) is 13.5 Å². The van der Waals surface area contributed by atoms with Crippen LogP contribution in [0.3, 0.4) is 0 Å². The number of Topliss-reactive ketones (excluding diaryl/α,β-unsaturated/α-hetero) is 1. The highest BCUT2D eigenvalue weighted by Crippen LogP contribution is 2.61. The van der Waals surface area contributed by atoms with Gasteiger partial charge in [-0.2, -0.15) is 0 Å². The van der Waals surface area contributed by atoms with Crippen LogP contribution in [0, 0.1) is 5.41 Å². The zero-order valence-corrected chi connectivity index (χ0v) is 8.30. The third-order valence-corrected chi connectivity index (χ3v) is 3.60. The molecule has 2 heteroatoms. The maximum atomic E-state index is 11.4. The van der Waals surface area contributed by atoms with Crippen molar-refractivity contribution >= 4 is 5.78 Å². The zero-order chi connectivity index (χ0) is 9.69. The SMILES string of the molecule is C=CC[C@]1(C)CCC2(C(C)=O)OC21. The number of ketones is 1. The first-order valence-electron chi connectivity index (χ1n) is 4.85. The number of rotatable bonds is 3. The minimum absolute atomic E-state index is 0.160. The number of hydrogen-bond acceptors (Lipinski definition) is 2. The number of ether oxygens (including phenoxy) is 1. The average molecular weight is 180 g/mol. The molecule has 1 heterocycles. The van der Waals surface area contributed by atoms with Crippen molar-refractivity contribution in [2.75, 3.05) is 0 Å². The Morgan fingerprint density at radius 1 is 1.69 bits per heavy atom. The largest absolute Gasteiger partial charge is 0.357 e. The number of fused-ring (bicyclic) bond motifs is 1. The Kier molecular flexibility index (Phi) is 1.68. The Labute approximate surface area is 79.0 Å². The predicted molar refractivity (Wildman–Crippen MR) is 50.4 cm³/mol. The fourth-order valence-electron chi connectivity index (χ4n) is 2.66. The first-order chi connectivity index (χ1) is 6.05. The topological polar surface area (TPSA) is 29.6 Å². The van der Waals surface area contributed by atoms with Crippen molar-refractivity contribution in [3.05, 3.63) is 12.7 Å². The van der Waals surface area contributed by atoms with Crippen molar-refractivity contribution in [3.63, 3.8) is 0 Å². The number of epoxide rings is 1. The molecular formula is C11H16O2. The van der Waals surface area contributed by atoms with Crippen LogP contribution in [0.25, 0.3) is 0 Å². The minimum Gasteiger partial charge on any atom is -0.357 e. The van der Waals surface area contributed by atoms with E-state index in [-0.39, 0.29) is 17.3 Å². The molecule has 1 saturated carbocycles. The highest BCUT2D eigenvalue weighted by atomic mass is 16.6. The van der Waals surface area contributed by atoms with E-state index in [1.165, 1.54) is 0 Å². The normalized spacial score (nSPS) is 47.1. The summed E-state index contributed by atoms with van der Waals surface area (Å²) >= 11 is 0. The molecule has 0 aromatic rings. The van der Waals surface area contributed by atoms with Gasteiger partial charge in [0.05, 0.1) is 0 Å². The van der Waals surface area contributed by atoms with Crippen LogP contribution >= 0.6 is 0 Å². The van der Waals surface area contributed by atoms with Crippen molar-refractivity contribution < 1.29 is 9.53 Å². The van der Waals surface area contributed by atoms with Gasteiger partial charge in [0.15, 0.2) is 11.4 Å². The van der Waals surface area contributed by atoms with Gasteiger partial charge in [-0.25, -0.2) is 0 Å². The molecular weight excluding hydrogens is 164 g/mol. The number of hydrogen-bond donors (Lipinski definition) is 0. The summed E-state index contributed by atoms with van der Waals surface area (Å²) in [6.07, 6.45) is 5.03. The van der Waals surface area contributed by atoms with E-state index < -0.39 is 5.60 Å². The minimum atomic E-state index is -0.391.